The Hall–Kier alpha value is -3.93. The number of hydrogen-bond acceptors (Lipinski definition) is 3. The van der Waals surface area contributed by atoms with Crippen LogP contribution in [0.4, 0.5) is 0 Å². The smallest absolute Gasteiger partial charge is 0.243 e. The number of carbonyl (C=O) groups excluding carboxylic acids is 2. The number of fused-ring (bicyclic) bond motifs is 1. The van der Waals surface area contributed by atoms with Crippen molar-refractivity contribution in [2.75, 3.05) is 6.54 Å². The first-order valence-electron chi connectivity index (χ1n) is 13.6. The van der Waals surface area contributed by atoms with Crippen LogP contribution in [0, 0.1) is 0 Å². The third-order valence-electron chi connectivity index (χ3n) is 6.77. The molecule has 4 aromatic rings. The van der Waals surface area contributed by atoms with E-state index in [1.54, 1.807) is 0 Å². The Morgan fingerprint density at radius 2 is 1.50 bits per heavy atom. The molecule has 0 fully saturated rings. The van der Waals surface area contributed by atoms with E-state index in [2.05, 4.69) is 35.9 Å². The van der Waals surface area contributed by atoms with E-state index in [0.29, 0.717) is 19.5 Å². The van der Waals surface area contributed by atoms with Crippen LogP contribution in [0.5, 0.6) is 0 Å². The highest BCUT2D eigenvalue weighted by Gasteiger charge is 2.20. The molecular formula is C32H38N4O2. The summed E-state index contributed by atoms with van der Waals surface area (Å²) in [6.07, 6.45) is 4.05. The third-order valence-corrected chi connectivity index (χ3v) is 6.77. The van der Waals surface area contributed by atoms with Gasteiger partial charge in [0.25, 0.3) is 0 Å². The fourth-order valence-electron chi connectivity index (χ4n) is 4.71. The topological polar surface area (TPSA) is 67.2 Å². The maximum absolute atomic E-state index is 13.5. The van der Waals surface area contributed by atoms with Crippen molar-refractivity contribution in [3.05, 3.63) is 102 Å². The molecule has 4 rings (SSSR count). The van der Waals surface area contributed by atoms with Crippen LogP contribution < -0.4 is 5.32 Å². The average Bonchev–Trinajstić information content (AvgIpc) is 3.27. The molecule has 0 saturated heterocycles. The number of aromatic nitrogens is 2. The average molecular weight is 511 g/mol. The van der Waals surface area contributed by atoms with E-state index in [0.717, 1.165) is 53.7 Å². The van der Waals surface area contributed by atoms with Crippen LogP contribution in [-0.2, 0) is 35.5 Å². The van der Waals surface area contributed by atoms with E-state index in [1.807, 2.05) is 77.7 Å². The summed E-state index contributed by atoms with van der Waals surface area (Å²) in [6.45, 7) is 5.66. The number of para-hydroxylation sites is 2. The summed E-state index contributed by atoms with van der Waals surface area (Å²) in [7, 11) is 0. The van der Waals surface area contributed by atoms with Crippen molar-refractivity contribution in [3.63, 3.8) is 0 Å². The largest absolute Gasteiger partial charge is 0.356 e. The standard InChI is InChI=1S/C32H38N4O2/c1-25(2)35(23-27-16-8-4-9-17-27)32(38)24-36-29-19-12-11-18-28(29)34-30(36)20-10-5-13-21-33-31(37)22-26-14-6-3-7-15-26/h3-4,6-9,11-12,14-19,25H,5,10,13,20-24H2,1-2H3,(H,33,37). The minimum atomic E-state index is 0.0571. The second-order valence-electron chi connectivity index (χ2n) is 10.0. The molecule has 0 saturated carbocycles. The maximum atomic E-state index is 13.5. The Balaban J connectivity index is 1.33. The normalized spacial score (nSPS) is 11.1. The monoisotopic (exact) mass is 510 g/mol. The first-order valence-corrected chi connectivity index (χ1v) is 13.6. The highest BCUT2D eigenvalue weighted by molar-refractivity contribution is 5.81. The summed E-state index contributed by atoms with van der Waals surface area (Å²) < 4.78 is 2.08. The van der Waals surface area contributed by atoms with Gasteiger partial charge < -0.3 is 14.8 Å². The van der Waals surface area contributed by atoms with E-state index in [-0.39, 0.29) is 24.4 Å². The molecule has 0 atom stereocenters. The lowest BCUT2D eigenvalue weighted by atomic mass is 10.1. The predicted molar refractivity (Wildman–Crippen MR) is 153 cm³/mol. The quantitative estimate of drug-likeness (QED) is 0.240. The van der Waals surface area contributed by atoms with Crippen molar-refractivity contribution in [1.29, 1.82) is 0 Å². The van der Waals surface area contributed by atoms with Crippen molar-refractivity contribution >= 4 is 22.8 Å². The first kappa shape index (κ1) is 27.1. The van der Waals surface area contributed by atoms with Gasteiger partial charge in [0.1, 0.15) is 12.4 Å². The maximum Gasteiger partial charge on any atom is 0.243 e. The number of aryl methyl sites for hydroxylation is 1. The van der Waals surface area contributed by atoms with E-state index in [1.165, 1.54) is 0 Å². The molecule has 0 radical (unpaired) electrons. The second kappa shape index (κ2) is 13.6. The van der Waals surface area contributed by atoms with Gasteiger partial charge in [-0.1, -0.05) is 79.2 Å². The van der Waals surface area contributed by atoms with Crippen LogP contribution >= 0.6 is 0 Å². The van der Waals surface area contributed by atoms with Crippen LogP contribution in [0.25, 0.3) is 11.0 Å². The minimum absolute atomic E-state index is 0.0571. The van der Waals surface area contributed by atoms with Crippen LogP contribution in [0.2, 0.25) is 0 Å². The summed E-state index contributed by atoms with van der Waals surface area (Å²) >= 11 is 0. The number of amides is 2. The molecule has 0 spiro atoms. The van der Waals surface area contributed by atoms with Gasteiger partial charge in [-0.05, 0) is 49.9 Å². The van der Waals surface area contributed by atoms with Gasteiger partial charge in [0, 0.05) is 25.6 Å². The minimum Gasteiger partial charge on any atom is -0.356 e. The van der Waals surface area contributed by atoms with Crippen molar-refractivity contribution in [3.8, 4) is 0 Å². The molecule has 2 amide bonds. The third kappa shape index (κ3) is 7.54. The van der Waals surface area contributed by atoms with E-state index < -0.39 is 0 Å². The zero-order chi connectivity index (χ0) is 26.7. The Labute approximate surface area is 225 Å². The van der Waals surface area contributed by atoms with Crippen LogP contribution in [0.15, 0.2) is 84.9 Å². The van der Waals surface area contributed by atoms with Crippen molar-refractivity contribution in [1.82, 2.24) is 19.8 Å². The van der Waals surface area contributed by atoms with Gasteiger partial charge in [0.05, 0.1) is 17.5 Å². The van der Waals surface area contributed by atoms with Gasteiger partial charge >= 0.3 is 0 Å². The van der Waals surface area contributed by atoms with E-state index in [9.17, 15) is 9.59 Å². The number of benzene rings is 3. The van der Waals surface area contributed by atoms with Crippen molar-refractivity contribution < 1.29 is 9.59 Å². The molecule has 1 heterocycles. The summed E-state index contributed by atoms with van der Waals surface area (Å²) in [4.78, 5) is 32.5. The SMILES string of the molecule is CC(C)N(Cc1ccccc1)C(=O)Cn1c(CCCCCNC(=O)Cc2ccccc2)nc2ccccc21. The Kier molecular flexibility index (Phi) is 9.68. The molecule has 0 aliphatic heterocycles. The molecule has 0 bridgehead atoms. The van der Waals surface area contributed by atoms with E-state index in [4.69, 9.17) is 4.98 Å². The molecule has 1 N–H and O–H groups in total. The first-order chi connectivity index (χ1) is 18.5. The zero-order valence-electron chi connectivity index (χ0n) is 22.5. The number of rotatable bonds is 13. The fourth-order valence-corrected chi connectivity index (χ4v) is 4.71. The number of imidazole rings is 1. The number of nitrogens with zero attached hydrogens (tertiary/aromatic N) is 3. The molecule has 0 aliphatic carbocycles. The molecular weight excluding hydrogens is 472 g/mol. The molecule has 6 heteroatoms. The van der Waals surface area contributed by atoms with Gasteiger partial charge in [0.15, 0.2) is 0 Å². The Bertz CT molecular complexity index is 1320. The van der Waals surface area contributed by atoms with Crippen molar-refractivity contribution in [2.45, 2.75) is 65.1 Å². The second-order valence-corrected chi connectivity index (χ2v) is 10.0. The molecule has 198 valence electrons. The van der Waals surface area contributed by atoms with E-state index >= 15 is 0 Å². The lowest BCUT2D eigenvalue weighted by Gasteiger charge is -2.27. The van der Waals surface area contributed by atoms with Gasteiger partial charge in [-0.2, -0.15) is 0 Å². The highest BCUT2D eigenvalue weighted by atomic mass is 16.2. The zero-order valence-corrected chi connectivity index (χ0v) is 22.5. The summed E-state index contributed by atoms with van der Waals surface area (Å²) in [5, 5.41) is 3.02. The van der Waals surface area contributed by atoms with Gasteiger partial charge in [0.2, 0.25) is 11.8 Å². The van der Waals surface area contributed by atoms with Gasteiger partial charge in [-0.25, -0.2) is 4.98 Å². The number of carbonyl (C=O) groups is 2. The predicted octanol–water partition coefficient (Wildman–Crippen LogP) is 5.55. The Morgan fingerprint density at radius 3 is 2.21 bits per heavy atom. The lowest BCUT2D eigenvalue weighted by Crippen LogP contribution is -2.38. The van der Waals surface area contributed by atoms with Crippen LogP contribution in [0.3, 0.4) is 0 Å². The molecule has 0 aliphatic rings. The fraction of sp³-hybridized carbons (Fsp3) is 0.344. The number of unbranched alkanes of at least 4 members (excludes halogenated alkanes) is 2. The summed E-state index contributed by atoms with van der Waals surface area (Å²) in [5.74, 6) is 1.09. The number of hydrogen-bond donors (Lipinski definition) is 1. The van der Waals surface area contributed by atoms with Crippen LogP contribution in [-0.4, -0.2) is 38.9 Å². The van der Waals surface area contributed by atoms with Crippen LogP contribution in [0.1, 0.15) is 50.1 Å². The molecule has 3 aromatic carbocycles. The van der Waals surface area contributed by atoms with Crippen molar-refractivity contribution in [2.24, 2.45) is 0 Å². The lowest BCUT2D eigenvalue weighted by molar-refractivity contribution is -0.134. The summed E-state index contributed by atoms with van der Waals surface area (Å²) in [5.41, 5.74) is 4.06. The highest BCUT2D eigenvalue weighted by Crippen LogP contribution is 2.19. The Morgan fingerprint density at radius 1 is 0.842 bits per heavy atom. The summed E-state index contributed by atoms with van der Waals surface area (Å²) in [6, 6.07) is 28.1. The van der Waals surface area contributed by atoms with Gasteiger partial charge in [-0.3, -0.25) is 9.59 Å². The number of nitrogens with one attached hydrogen (secondary N) is 1. The molecule has 38 heavy (non-hydrogen) atoms. The molecule has 1 aromatic heterocycles. The molecule has 6 nitrogen and oxygen atoms in total. The molecule has 0 unspecified atom stereocenters. The van der Waals surface area contributed by atoms with Gasteiger partial charge in [-0.15, -0.1) is 0 Å².